The van der Waals surface area contributed by atoms with Crippen molar-refractivity contribution in [1.29, 1.82) is 0 Å². The summed E-state index contributed by atoms with van der Waals surface area (Å²) in [7, 11) is 0. The highest BCUT2D eigenvalue weighted by atomic mass is 35.5. The zero-order valence-electron chi connectivity index (χ0n) is 11.1. The van der Waals surface area contributed by atoms with Gasteiger partial charge in [-0.3, -0.25) is 4.79 Å². The Kier molecular flexibility index (Phi) is 8.85. The molecule has 0 aliphatic carbocycles. The van der Waals surface area contributed by atoms with E-state index in [1.54, 1.807) is 12.1 Å². The lowest BCUT2D eigenvalue weighted by Crippen LogP contribution is -2.55. The summed E-state index contributed by atoms with van der Waals surface area (Å²) in [4.78, 5) is 15.8. The van der Waals surface area contributed by atoms with Gasteiger partial charge in [-0.1, -0.05) is 23.2 Å². The predicted molar refractivity (Wildman–Crippen MR) is 87.6 cm³/mol. The number of nitrogens with two attached hydrogens (primary N) is 1. The summed E-state index contributed by atoms with van der Waals surface area (Å²) in [6.45, 7) is 1.53. The Bertz CT molecular complexity index is 461. The van der Waals surface area contributed by atoms with Crippen molar-refractivity contribution in [3.05, 3.63) is 28.0 Å². The summed E-state index contributed by atoms with van der Waals surface area (Å²) >= 11 is 11.5. The third kappa shape index (κ3) is 5.77. The van der Waals surface area contributed by atoms with Crippen LogP contribution in [0.4, 0.5) is 0 Å². The lowest BCUT2D eigenvalue weighted by Gasteiger charge is -2.31. The molecule has 0 radical (unpaired) electrons. The number of nitrogens with zero attached hydrogens (tertiary/aromatic N) is 1. The van der Waals surface area contributed by atoms with Gasteiger partial charge in [-0.25, -0.2) is 4.98 Å². The number of halogens is 4. The lowest BCUT2D eigenvalue weighted by molar-refractivity contribution is -0.152. The van der Waals surface area contributed by atoms with E-state index >= 15 is 0 Å². The van der Waals surface area contributed by atoms with Crippen molar-refractivity contribution < 1.29 is 9.53 Å². The molecule has 1 fully saturated rings. The highest BCUT2D eigenvalue weighted by Crippen LogP contribution is 2.19. The summed E-state index contributed by atoms with van der Waals surface area (Å²) < 4.78 is 5.24. The molecule has 5 nitrogen and oxygen atoms in total. The van der Waals surface area contributed by atoms with Crippen LogP contribution in [0.2, 0.25) is 10.3 Å². The minimum absolute atomic E-state index is 0. The number of hydrogen-bond donors (Lipinski definition) is 2. The Balaban J connectivity index is 0.00000200. The van der Waals surface area contributed by atoms with E-state index < -0.39 is 11.5 Å². The number of piperidine rings is 1. The number of carbonyl (C=O) groups excluding carboxylic acids is 1. The zero-order chi connectivity index (χ0) is 13.9. The van der Waals surface area contributed by atoms with E-state index in [-0.39, 0.29) is 41.7 Å². The van der Waals surface area contributed by atoms with Crippen LogP contribution in [0, 0.1) is 0 Å². The van der Waals surface area contributed by atoms with Gasteiger partial charge in [-0.15, -0.1) is 24.8 Å². The number of aromatic nitrogens is 1. The SMILES string of the molecule is Cl.Cl.NC1(C(=O)OCc2cc(Cl)nc(Cl)c2)CCNCC1. The predicted octanol–water partition coefficient (Wildman–Crippen LogP) is 2.36. The second kappa shape index (κ2) is 8.98. The molecule has 1 saturated heterocycles. The molecule has 0 aromatic carbocycles. The van der Waals surface area contributed by atoms with Gasteiger partial charge in [-0.2, -0.15) is 0 Å². The fourth-order valence-electron chi connectivity index (χ4n) is 1.97. The fraction of sp³-hybridized carbons (Fsp3) is 0.500. The highest BCUT2D eigenvalue weighted by molar-refractivity contribution is 6.32. The minimum Gasteiger partial charge on any atom is -0.459 e. The molecule has 1 aromatic heterocycles. The van der Waals surface area contributed by atoms with E-state index in [0.29, 0.717) is 18.4 Å². The number of nitrogens with one attached hydrogen (secondary N) is 1. The van der Waals surface area contributed by atoms with Gasteiger partial charge in [-0.05, 0) is 43.6 Å². The molecule has 1 aliphatic heterocycles. The summed E-state index contributed by atoms with van der Waals surface area (Å²) in [6, 6.07) is 3.21. The molecule has 0 unspecified atom stereocenters. The Morgan fingerprint density at radius 3 is 2.33 bits per heavy atom. The first kappa shape index (κ1) is 20.7. The van der Waals surface area contributed by atoms with Crippen LogP contribution in [0.1, 0.15) is 18.4 Å². The molecule has 0 spiro atoms. The first-order valence-electron chi connectivity index (χ1n) is 5.98. The van der Waals surface area contributed by atoms with Gasteiger partial charge in [0.25, 0.3) is 0 Å². The maximum absolute atomic E-state index is 12.0. The maximum atomic E-state index is 12.0. The van der Waals surface area contributed by atoms with E-state index in [9.17, 15) is 4.79 Å². The van der Waals surface area contributed by atoms with E-state index in [1.807, 2.05) is 0 Å². The molecule has 0 bridgehead atoms. The van der Waals surface area contributed by atoms with Gasteiger partial charge >= 0.3 is 5.97 Å². The van der Waals surface area contributed by atoms with Crippen LogP contribution in [0.5, 0.6) is 0 Å². The van der Waals surface area contributed by atoms with E-state index in [1.165, 1.54) is 0 Å². The van der Waals surface area contributed by atoms with Crippen molar-refractivity contribution in [2.45, 2.75) is 25.0 Å². The van der Waals surface area contributed by atoms with E-state index in [4.69, 9.17) is 33.7 Å². The van der Waals surface area contributed by atoms with Crippen molar-refractivity contribution in [2.75, 3.05) is 13.1 Å². The number of pyridine rings is 1. The van der Waals surface area contributed by atoms with Crippen LogP contribution >= 0.6 is 48.0 Å². The molecule has 2 rings (SSSR count). The van der Waals surface area contributed by atoms with Gasteiger partial charge in [0, 0.05) is 0 Å². The molecule has 0 atom stereocenters. The normalized spacial score (nSPS) is 16.3. The first-order chi connectivity index (χ1) is 8.99. The van der Waals surface area contributed by atoms with Crippen molar-refractivity contribution in [3.8, 4) is 0 Å². The molecular formula is C12H17Cl4N3O2. The Morgan fingerprint density at radius 2 is 1.81 bits per heavy atom. The minimum atomic E-state index is -0.897. The second-order valence-corrected chi connectivity index (χ2v) is 5.38. The third-order valence-electron chi connectivity index (χ3n) is 3.09. The van der Waals surface area contributed by atoms with Crippen molar-refractivity contribution >= 4 is 54.0 Å². The van der Waals surface area contributed by atoms with Crippen molar-refractivity contribution in [1.82, 2.24) is 10.3 Å². The number of esters is 1. The van der Waals surface area contributed by atoms with Gasteiger partial charge < -0.3 is 15.8 Å². The Morgan fingerprint density at radius 1 is 1.29 bits per heavy atom. The molecule has 9 heteroatoms. The average Bonchev–Trinajstić information content (AvgIpc) is 2.35. The van der Waals surface area contributed by atoms with Crippen LogP contribution in [0.25, 0.3) is 0 Å². The molecule has 0 amide bonds. The van der Waals surface area contributed by atoms with Crippen LogP contribution in [-0.4, -0.2) is 29.6 Å². The van der Waals surface area contributed by atoms with Crippen molar-refractivity contribution in [2.24, 2.45) is 5.73 Å². The molecule has 21 heavy (non-hydrogen) atoms. The molecule has 0 saturated carbocycles. The number of carbonyl (C=O) groups is 1. The van der Waals surface area contributed by atoms with Crippen molar-refractivity contribution in [3.63, 3.8) is 0 Å². The lowest BCUT2D eigenvalue weighted by atomic mass is 9.90. The van der Waals surface area contributed by atoms with Gasteiger partial charge in [0.2, 0.25) is 0 Å². The molecule has 3 N–H and O–H groups in total. The molecule has 2 heterocycles. The number of hydrogen-bond acceptors (Lipinski definition) is 5. The van der Waals surface area contributed by atoms with Crippen LogP contribution in [0.3, 0.4) is 0 Å². The molecule has 1 aromatic rings. The number of rotatable bonds is 3. The summed E-state index contributed by atoms with van der Waals surface area (Å²) in [5.41, 5.74) is 5.84. The number of ether oxygens (including phenoxy) is 1. The summed E-state index contributed by atoms with van der Waals surface area (Å²) in [6.07, 6.45) is 1.15. The topological polar surface area (TPSA) is 77.2 Å². The maximum Gasteiger partial charge on any atom is 0.326 e. The monoisotopic (exact) mass is 375 g/mol. The third-order valence-corrected chi connectivity index (χ3v) is 3.48. The average molecular weight is 377 g/mol. The Labute approximate surface area is 145 Å². The zero-order valence-corrected chi connectivity index (χ0v) is 14.2. The fourth-order valence-corrected chi connectivity index (χ4v) is 2.47. The quantitative estimate of drug-likeness (QED) is 0.625. The van der Waals surface area contributed by atoms with Crippen LogP contribution < -0.4 is 11.1 Å². The van der Waals surface area contributed by atoms with E-state index in [2.05, 4.69) is 10.3 Å². The highest BCUT2D eigenvalue weighted by Gasteiger charge is 2.36. The molecule has 120 valence electrons. The first-order valence-corrected chi connectivity index (χ1v) is 6.74. The summed E-state index contributed by atoms with van der Waals surface area (Å²) in [5, 5.41) is 3.69. The van der Waals surface area contributed by atoms with Gasteiger partial charge in [0.15, 0.2) is 0 Å². The molecule has 1 aliphatic rings. The van der Waals surface area contributed by atoms with Gasteiger partial charge in [0.1, 0.15) is 22.5 Å². The Hall–Kier alpha value is -0.300. The second-order valence-electron chi connectivity index (χ2n) is 4.60. The van der Waals surface area contributed by atoms with E-state index in [0.717, 1.165) is 13.1 Å². The van der Waals surface area contributed by atoms with Gasteiger partial charge in [0.05, 0.1) is 0 Å². The largest absolute Gasteiger partial charge is 0.459 e. The molecular weight excluding hydrogens is 360 g/mol. The van der Waals surface area contributed by atoms with Crippen LogP contribution in [-0.2, 0) is 16.1 Å². The summed E-state index contributed by atoms with van der Waals surface area (Å²) in [5.74, 6) is -0.391. The smallest absolute Gasteiger partial charge is 0.326 e. The standard InChI is InChI=1S/C12H15Cl2N3O2.2ClH/c13-9-5-8(6-10(14)17-9)7-19-11(18)12(15)1-3-16-4-2-12;;/h5-6,16H,1-4,7,15H2;2*1H. The van der Waals surface area contributed by atoms with Crippen LogP contribution in [0.15, 0.2) is 12.1 Å².